The maximum atomic E-state index is 5.67. The van der Waals surface area contributed by atoms with E-state index in [0.717, 1.165) is 22.4 Å². The Morgan fingerprint density at radius 1 is 1.00 bits per heavy atom. The van der Waals surface area contributed by atoms with Crippen LogP contribution in [0.4, 0.5) is 0 Å². The van der Waals surface area contributed by atoms with E-state index in [0.29, 0.717) is 5.89 Å². The average Bonchev–Trinajstić information content (AvgIpc) is 2.82. The monoisotopic (exact) mass is 243 g/mol. The zero-order valence-corrected chi connectivity index (χ0v) is 10.1. The Morgan fingerprint density at radius 2 is 1.76 bits per heavy atom. The lowest BCUT2D eigenvalue weighted by Crippen LogP contribution is -1.78. The fraction of sp³-hybridized carbons (Fsp3) is 0. The summed E-state index contributed by atoms with van der Waals surface area (Å²) in [4.78, 5) is 4.43. The van der Waals surface area contributed by atoms with Gasteiger partial charge in [0.1, 0.15) is 11.3 Å². The van der Waals surface area contributed by atoms with Crippen molar-refractivity contribution in [2.45, 2.75) is 0 Å². The summed E-state index contributed by atoms with van der Waals surface area (Å²) in [6, 6.07) is 15.3. The van der Waals surface area contributed by atoms with Gasteiger partial charge in [-0.1, -0.05) is 12.1 Å². The van der Waals surface area contributed by atoms with Crippen molar-refractivity contribution in [3.05, 3.63) is 48.5 Å². The number of nitrogens with zero attached hydrogens (tertiary/aromatic N) is 1. The Kier molecular flexibility index (Phi) is 2.54. The number of benzene rings is 2. The van der Waals surface area contributed by atoms with E-state index in [1.165, 1.54) is 0 Å². The van der Waals surface area contributed by atoms with E-state index >= 15 is 0 Å². The number of para-hydroxylation sites is 2. The molecule has 1 atom stereocenters. The van der Waals surface area contributed by atoms with Crippen LogP contribution in [0.2, 0.25) is 0 Å². The molecular formula is C13H10NO2P. The number of rotatable bonds is 2. The van der Waals surface area contributed by atoms with Crippen LogP contribution in [-0.2, 0) is 0 Å². The van der Waals surface area contributed by atoms with Crippen molar-refractivity contribution in [1.82, 2.24) is 4.98 Å². The van der Waals surface area contributed by atoms with Crippen molar-refractivity contribution in [3.8, 4) is 17.2 Å². The van der Waals surface area contributed by atoms with Gasteiger partial charge in [0.15, 0.2) is 5.58 Å². The molecule has 0 aliphatic heterocycles. The van der Waals surface area contributed by atoms with E-state index in [2.05, 4.69) is 14.5 Å². The molecule has 84 valence electrons. The summed E-state index contributed by atoms with van der Waals surface area (Å²) in [5, 5.41) is 0. The molecule has 0 aliphatic carbocycles. The maximum absolute atomic E-state index is 5.67. The molecule has 0 saturated heterocycles. The van der Waals surface area contributed by atoms with Gasteiger partial charge in [0.05, 0.1) is 9.47 Å². The van der Waals surface area contributed by atoms with Crippen molar-refractivity contribution in [1.29, 1.82) is 0 Å². The van der Waals surface area contributed by atoms with Crippen LogP contribution in [0.5, 0.6) is 5.75 Å². The standard InChI is InChI=1S/C13H10NO2P/c17-16-10-7-5-9(6-8-10)13-14-11-3-1-2-4-12(11)15-13/h1-8H,17H2. The Balaban J connectivity index is 2.07. The molecule has 0 bridgehead atoms. The first-order valence-corrected chi connectivity index (χ1v) is 5.67. The third kappa shape index (κ3) is 1.90. The quantitative estimate of drug-likeness (QED) is 0.644. The van der Waals surface area contributed by atoms with Crippen LogP contribution in [0.25, 0.3) is 22.6 Å². The summed E-state index contributed by atoms with van der Waals surface area (Å²) in [6.07, 6.45) is 0. The molecule has 3 aromatic rings. The van der Waals surface area contributed by atoms with E-state index in [4.69, 9.17) is 8.94 Å². The first kappa shape index (κ1) is 10.3. The second kappa shape index (κ2) is 4.19. The van der Waals surface area contributed by atoms with Crippen LogP contribution in [0.1, 0.15) is 0 Å². The van der Waals surface area contributed by atoms with Gasteiger partial charge in [-0.3, -0.25) is 0 Å². The van der Waals surface area contributed by atoms with Crippen LogP contribution in [0.3, 0.4) is 0 Å². The molecule has 0 fully saturated rings. The molecule has 3 nitrogen and oxygen atoms in total. The minimum atomic E-state index is 0.626. The fourth-order valence-corrected chi connectivity index (χ4v) is 1.83. The summed E-state index contributed by atoms with van der Waals surface area (Å²) < 4.78 is 10.7. The molecule has 1 heterocycles. The normalized spacial score (nSPS) is 10.6. The minimum Gasteiger partial charge on any atom is -0.480 e. The summed E-state index contributed by atoms with van der Waals surface area (Å²) in [6.45, 7) is 0. The third-order valence-corrected chi connectivity index (χ3v) is 2.80. The van der Waals surface area contributed by atoms with E-state index in [1.807, 2.05) is 48.5 Å². The van der Waals surface area contributed by atoms with Gasteiger partial charge >= 0.3 is 0 Å². The van der Waals surface area contributed by atoms with E-state index in [9.17, 15) is 0 Å². The molecule has 2 aromatic carbocycles. The number of hydrogen-bond donors (Lipinski definition) is 0. The number of oxazole rings is 1. The third-order valence-electron chi connectivity index (χ3n) is 2.53. The van der Waals surface area contributed by atoms with Crippen molar-refractivity contribution < 1.29 is 8.94 Å². The molecule has 1 aromatic heterocycles. The van der Waals surface area contributed by atoms with Gasteiger partial charge in [-0.25, -0.2) is 4.98 Å². The summed E-state index contributed by atoms with van der Waals surface area (Å²) in [5.41, 5.74) is 2.61. The van der Waals surface area contributed by atoms with Crippen molar-refractivity contribution in [2.75, 3.05) is 0 Å². The van der Waals surface area contributed by atoms with Crippen LogP contribution < -0.4 is 4.52 Å². The highest BCUT2D eigenvalue weighted by atomic mass is 31.0. The average molecular weight is 243 g/mol. The molecule has 0 saturated carbocycles. The Bertz CT molecular complexity index is 613. The van der Waals surface area contributed by atoms with Gasteiger partial charge in [0, 0.05) is 5.56 Å². The fourth-order valence-electron chi connectivity index (χ4n) is 1.67. The molecule has 1 unspecified atom stereocenters. The Hall–Kier alpha value is -1.86. The van der Waals surface area contributed by atoms with E-state index in [1.54, 1.807) is 0 Å². The van der Waals surface area contributed by atoms with E-state index in [-0.39, 0.29) is 0 Å². The maximum Gasteiger partial charge on any atom is 0.227 e. The predicted molar refractivity (Wildman–Crippen MR) is 69.8 cm³/mol. The first-order chi connectivity index (χ1) is 8.36. The molecule has 0 spiro atoms. The lowest BCUT2D eigenvalue weighted by molar-refractivity contribution is 0.619. The molecule has 3 rings (SSSR count). The Labute approximate surface area is 101 Å². The SMILES string of the molecule is POc1ccc(-c2nc3ccccc3o2)cc1. The summed E-state index contributed by atoms with van der Waals surface area (Å²) >= 11 is 0. The van der Waals surface area contributed by atoms with Crippen LogP contribution >= 0.6 is 9.47 Å². The van der Waals surface area contributed by atoms with Crippen molar-refractivity contribution in [3.63, 3.8) is 0 Å². The zero-order valence-electron chi connectivity index (χ0n) is 8.96. The van der Waals surface area contributed by atoms with E-state index < -0.39 is 0 Å². The number of hydrogen-bond acceptors (Lipinski definition) is 3. The van der Waals surface area contributed by atoms with Crippen LogP contribution in [-0.4, -0.2) is 4.98 Å². The summed E-state index contributed by atoms with van der Waals surface area (Å²) in [5.74, 6) is 1.41. The molecule has 17 heavy (non-hydrogen) atoms. The summed E-state index contributed by atoms with van der Waals surface area (Å²) in [7, 11) is 2.22. The number of fused-ring (bicyclic) bond motifs is 1. The molecule has 0 aliphatic rings. The lowest BCUT2D eigenvalue weighted by Gasteiger charge is -1.99. The highest BCUT2D eigenvalue weighted by Crippen LogP contribution is 2.25. The highest BCUT2D eigenvalue weighted by Gasteiger charge is 2.07. The topological polar surface area (TPSA) is 35.3 Å². The zero-order chi connectivity index (χ0) is 11.7. The Morgan fingerprint density at radius 3 is 2.47 bits per heavy atom. The van der Waals surface area contributed by atoms with Crippen molar-refractivity contribution in [2.24, 2.45) is 0 Å². The second-order valence-corrected chi connectivity index (χ2v) is 3.86. The van der Waals surface area contributed by atoms with Gasteiger partial charge in [-0.2, -0.15) is 0 Å². The molecule has 4 heteroatoms. The molecule has 0 amide bonds. The van der Waals surface area contributed by atoms with Crippen LogP contribution in [0, 0.1) is 0 Å². The van der Waals surface area contributed by atoms with Gasteiger partial charge < -0.3 is 8.94 Å². The van der Waals surface area contributed by atoms with Gasteiger partial charge in [0.25, 0.3) is 0 Å². The van der Waals surface area contributed by atoms with Gasteiger partial charge in [0.2, 0.25) is 5.89 Å². The smallest absolute Gasteiger partial charge is 0.227 e. The largest absolute Gasteiger partial charge is 0.480 e. The lowest BCUT2D eigenvalue weighted by atomic mass is 10.2. The minimum absolute atomic E-state index is 0.626. The number of aromatic nitrogens is 1. The molecule has 0 radical (unpaired) electrons. The first-order valence-electron chi connectivity index (χ1n) is 5.19. The molecular weight excluding hydrogens is 233 g/mol. The van der Waals surface area contributed by atoms with Crippen LogP contribution in [0.15, 0.2) is 52.9 Å². The van der Waals surface area contributed by atoms with Gasteiger partial charge in [-0.05, 0) is 36.4 Å². The van der Waals surface area contributed by atoms with Crippen molar-refractivity contribution >= 4 is 20.6 Å². The predicted octanol–water partition coefficient (Wildman–Crippen LogP) is 3.66. The molecule has 0 N–H and O–H groups in total. The highest BCUT2D eigenvalue weighted by molar-refractivity contribution is 7.10. The second-order valence-electron chi connectivity index (χ2n) is 3.63. The van der Waals surface area contributed by atoms with Gasteiger partial charge in [-0.15, -0.1) is 0 Å².